The van der Waals surface area contributed by atoms with E-state index in [-0.39, 0.29) is 5.91 Å². The number of hydrogen-bond donors (Lipinski definition) is 1. The van der Waals surface area contributed by atoms with E-state index in [1.807, 2.05) is 42.5 Å². The molecule has 0 atom stereocenters. The molecule has 1 saturated carbocycles. The predicted octanol–water partition coefficient (Wildman–Crippen LogP) is 3.89. The summed E-state index contributed by atoms with van der Waals surface area (Å²) in [7, 11) is 0. The molecular weight excluding hydrogens is 358 g/mol. The van der Waals surface area contributed by atoms with Crippen LogP contribution in [0.3, 0.4) is 0 Å². The standard InChI is InChI=1S/C18H16BrNO3/c19-13-3-1-2-12(10-13)18(6-7-18)17(21)20-14-4-5-15-16(11-14)23-9-8-22-15/h1-5,10-11H,6-9H2,(H,20,21). The van der Waals surface area contributed by atoms with Crippen molar-refractivity contribution in [1.82, 2.24) is 0 Å². The average molecular weight is 374 g/mol. The molecule has 0 bridgehead atoms. The van der Waals surface area contributed by atoms with Crippen LogP contribution in [0.5, 0.6) is 11.5 Å². The van der Waals surface area contributed by atoms with E-state index >= 15 is 0 Å². The number of anilines is 1. The van der Waals surface area contributed by atoms with Crippen molar-refractivity contribution in [3.63, 3.8) is 0 Å². The Morgan fingerprint density at radius 1 is 1.04 bits per heavy atom. The largest absolute Gasteiger partial charge is 0.486 e. The third-order valence-electron chi connectivity index (χ3n) is 4.36. The molecule has 118 valence electrons. The summed E-state index contributed by atoms with van der Waals surface area (Å²) in [6.45, 7) is 1.09. The number of hydrogen-bond acceptors (Lipinski definition) is 3. The van der Waals surface area contributed by atoms with Gasteiger partial charge in [-0.2, -0.15) is 0 Å². The van der Waals surface area contributed by atoms with Crippen molar-refractivity contribution >= 4 is 27.5 Å². The van der Waals surface area contributed by atoms with Gasteiger partial charge in [-0.25, -0.2) is 0 Å². The van der Waals surface area contributed by atoms with Crippen molar-refractivity contribution in [3.8, 4) is 11.5 Å². The van der Waals surface area contributed by atoms with Gasteiger partial charge in [0.05, 0.1) is 5.41 Å². The second kappa shape index (κ2) is 5.57. The Labute approximate surface area is 142 Å². The van der Waals surface area contributed by atoms with E-state index in [9.17, 15) is 4.79 Å². The number of carbonyl (C=O) groups is 1. The van der Waals surface area contributed by atoms with Crippen molar-refractivity contribution in [2.24, 2.45) is 0 Å². The molecule has 0 saturated heterocycles. The molecule has 0 radical (unpaired) electrons. The van der Waals surface area contributed by atoms with E-state index < -0.39 is 5.41 Å². The van der Waals surface area contributed by atoms with E-state index in [2.05, 4.69) is 21.2 Å². The van der Waals surface area contributed by atoms with E-state index in [1.165, 1.54) is 0 Å². The van der Waals surface area contributed by atoms with Crippen molar-refractivity contribution in [2.75, 3.05) is 18.5 Å². The number of nitrogens with one attached hydrogen (secondary N) is 1. The molecule has 1 fully saturated rings. The molecule has 1 aliphatic heterocycles. The Kier molecular flexibility index (Phi) is 3.53. The number of ether oxygens (including phenoxy) is 2. The highest BCUT2D eigenvalue weighted by molar-refractivity contribution is 9.10. The van der Waals surface area contributed by atoms with Gasteiger partial charge in [0.2, 0.25) is 5.91 Å². The smallest absolute Gasteiger partial charge is 0.235 e. The van der Waals surface area contributed by atoms with Crippen LogP contribution in [0, 0.1) is 0 Å². The molecule has 1 N–H and O–H groups in total. The number of benzene rings is 2. The minimum atomic E-state index is -0.406. The van der Waals surface area contributed by atoms with Crippen LogP contribution >= 0.6 is 15.9 Å². The first-order valence-corrected chi connectivity index (χ1v) is 8.44. The summed E-state index contributed by atoms with van der Waals surface area (Å²) in [5.41, 5.74) is 1.39. The van der Waals surface area contributed by atoms with Crippen LogP contribution in [0.25, 0.3) is 0 Å². The molecule has 5 heteroatoms. The van der Waals surface area contributed by atoms with Gasteiger partial charge < -0.3 is 14.8 Å². The van der Waals surface area contributed by atoms with E-state index in [0.29, 0.717) is 19.0 Å². The quantitative estimate of drug-likeness (QED) is 0.887. The van der Waals surface area contributed by atoms with Crippen molar-refractivity contribution < 1.29 is 14.3 Å². The Morgan fingerprint density at radius 2 is 1.83 bits per heavy atom. The molecule has 0 spiro atoms. The molecule has 0 aromatic heterocycles. The first-order chi connectivity index (χ1) is 11.2. The van der Waals surface area contributed by atoms with Gasteiger partial charge in [-0.05, 0) is 42.7 Å². The maximum Gasteiger partial charge on any atom is 0.235 e. The van der Waals surface area contributed by atoms with E-state index in [4.69, 9.17) is 9.47 Å². The summed E-state index contributed by atoms with van der Waals surface area (Å²) < 4.78 is 12.1. The zero-order chi connectivity index (χ0) is 15.9. The summed E-state index contributed by atoms with van der Waals surface area (Å²) in [6.07, 6.45) is 1.75. The van der Waals surface area contributed by atoms with Crippen LogP contribution in [0.4, 0.5) is 5.69 Å². The fourth-order valence-electron chi connectivity index (χ4n) is 2.93. The van der Waals surface area contributed by atoms with Crippen LogP contribution in [-0.4, -0.2) is 19.1 Å². The van der Waals surface area contributed by atoms with Crippen LogP contribution < -0.4 is 14.8 Å². The molecular formula is C18H16BrNO3. The van der Waals surface area contributed by atoms with Gasteiger partial charge in [0.1, 0.15) is 13.2 Å². The normalized spacial score (nSPS) is 17.4. The zero-order valence-corrected chi connectivity index (χ0v) is 14.1. The van der Waals surface area contributed by atoms with Crippen LogP contribution in [0.15, 0.2) is 46.9 Å². The molecule has 2 aliphatic rings. The van der Waals surface area contributed by atoms with Gasteiger partial charge in [-0.1, -0.05) is 28.1 Å². The average Bonchev–Trinajstić information content (AvgIpc) is 3.37. The number of halogens is 1. The third kappa shape index (κ3) is 2.70. The van der Waals surface area contributed by atoms with Gasteiger partial charge >= 0.3 is 0 Å². The Bertz CT molecular complexity index is 771. The molecule has 4 rings (SSSR count). The summed E-state index contributed by atoms with van der Waals surface area (Å²) in [5.74, 6) is 1.44. The van der Waals surface area contributed by atoms with Crippen LogP contribution in [0.1, 0.15) is 18.4 Å². The molecule has 2 aromatic carbocycles. The van der Waals surface area contributed by atoms with Gasteiger partial charge in [0.25, 0.3) is 0 Å². The molecule has 1 amide bonds. The Balaban J connectivity index is 1.56. The fraction of sp³-hybridized carbons (Fsp3) is 0.278. The maximum atomic E-state index is 12.8. The number of carbonyl (C=O) groups excluding carboxylic acids is 1. The lowest BCUT2D eigenvalue weighted by molar-refractivity contribution is -0.118. The number of amides is 1. The van der Waals surface area contributed by atoms with E-state index in [1.54, 1.807) is 0 Å². The van der Waals surface area contributed by atoms with E-state index in [0.717, 1.165) is 34.3 Å². The molecule has 23 heavy (non-hydrogen) atoms. The van der Waals surface area contributed by atoms with Crippen molar-refractivity contribution in [1.29, 1.82) is 0 Å². The van der Waals surface area contributed by atoms with Gasteiger partial charge in [-0.15, -0.1) is 0 Å². The van der Waals surface area contributed by atoms with Gasteiger partial charge in [-0.3, -0.25) is 4.79 Å². The lowest BCUT2D eigenvalue weighted by atomic mass is 9.95. The highest BCUT2D eigenvalue weighted by Crippen LogP contribution is 2.49. The lowest BCUT2D eigenvalue weighted by Gasteiger charge is -2.20. The molecule has 4 nitrogen and oxygen atoms in total. The first kappa shape index (κ1) is 14.6. The zero-order valence-electron chi connectivity index (χ0n) is 12.5. The molecule has 1 aliphatic carbocycles. The number of fused-ring (bicyclic) bond motifs is 1. The highest BCUT2D eigenvalue weighted by Gasteiger charge is 2.51. The minimum Gasteiger partial charge on any atom is -0.486 e. The maximum absolute atomic E-state index is 12.8. The Morgan fingerprint density at radius 3 is 2.57 bits per heavy atom. The first-order valence-electron chi connectivity index (χ1n) is 7.65. The minimum absolute atomic E-state index is 0.0345. The van der Waals surface area contributed by atoms with Crippen molar-refractivity contribution in [3.05, 3.63) is 52.5 Å². The third-order valence-corrected chi connectivity index (χ3v) is 4.86. The van der Waals surface area contributed by atoms with Gasteiger partial charge in [0, 0.05) is 16.2 Å². The monoisotopic (exact) mass is 373 g/mol. The predicted molar refractivity (Wildman–Crippen MR) is 91.1 cm³/mol. The molecule has 0 unspecified atom stereocenters. The highest BCUT2D eigenvalue weighted by atomic mass is 79.9. The lowest BCUT2D eigenvalue weighted by Crippen LogP contribution is -2.28. The van der Waals surface area contributed by atoms with Crippen LogP contribution in [-0.2, 0) is 10.2 Å². The van der Waals surface area contributed by atoms with Crippen molar-refractivity contribution in [2.45, 2.75) is 18.3 Å². The summed E-state index contributed by atoms with van der Waals surface area (Å²) >= 11 is 3.48. The summed E-state index contributed by atoms with van der Waals surface area (Å²) in [4.78, 5) is 12.8. The summed E-state index contributed by atoms with van der Waals surface area (Å²) in [6, 6.07) is 13.5. The fourth-order valence-corrected chi connectivity index (χ4v) is 3.33. The SMILES string of the molecule is O=C(Nc1ccc2c(c1)OCCO2)C1(c2cccc(Br)c2)CC1. The Hall–Kier alpha value is -2.01. The molecule has 2 aromatic rings. The second-order valence-electron chi connectivity index (χ2n) is 5.91. The second-order valence-corrected chi connectivity index (χ2v) is 6.82. The number of rotatable bonds is 3. The van der Waals surface area contributed by atoms with Gasteiger partial charge in [0.15, 0.2) is 11.5 Å². The topological polar surface area (TPSA) is 47.6 Å². The summed E-state index contributed by atoms with van der Waals surface area (Å²) in [5, 5.41) is 3.02. The molecule has 1 heterocycles. The van der Waals surface area contributed by atoms with Crippen LogP contribution in [0.2, 0.25) is 0 Å².